The van der Waals surface area contributed by atoms with E-state index >= 15 is 0 Å². The summed E-state index contributed by atoms with van der Waals surface area (Å²) in [6.45, 7) is 9.49. The Hall–Kier alpha value is -1.07. The zero-order valence-electron chi connectivity index (χ0n) is 15.4. The number of aromatic hydroxyl groups is 1. The van der Waals surface area contributed by atoms with Crippen molar-refractivity contribution >= 4 is 0 Å². The van der Waals surface area contributed by atoms with Crippen LogP contribution >= 0.6 is 0 Å². The fraction of sp³-hybridized carbons (Fsp3) is 0.455. The average Bonchev–Trinajstić information content (AvgIpc) is 3.08. The molecule has 0 radical (unpaired) electrons. The van der Waals surface area contributed by atoms with Crippen molar-refractivity contribution in [2.45, 2.75) is 39.0 Å². The molecule has 0 spiro atoms. The van der Waals surface area contributed by atoms with Crippen LogP contribution < -0.4 is 24.0 Å². The zero-order chi connectivity index (χ0) is 17.0. The van der Waals surface area contributed by atoms with Crippen molar-refractivity contribution < 1.29 is 33.6 Å². The summed E-state index contributed by atoms with van der Waals surface area (Å²) in [7, 11) is 0. The van der Waals surface area contributed by atoms with Crippen molar-refractivity contribution in [3.8, 4) is 5.75 Å². The van der Waals surface area contributed by atoms with Gasteiger partial charge in [0.1, 0.15) is 5.75 Å². The number of phenolic OH excluding ortho intramolecular Hbond substituents is 1. The Bertz CT molecular complexity index is 665. The van der Waals surface area contributed by atoms with E-state index in [9.17, 15) is 5.11 Å². The molecule has 1 aliphatic heterocycles. The first-order valence-corrected chi connectivity index (χ1v) is 9.33. The van der Waals surface area contributed by atoms with Gasteiger partial charge in [-0.25, -0.2) is 0 Å². The van der Waals surface area contributed by atoms with Gasteiger partial charge in [-0.3, -0.25) is 0 Å². The molecule has 0 saturated carbocycles. The summed E-state index contributed by atoms with van der Waals surface area (Å²) in [6.07, 6.45) is 3.81. The van der Waals surface area contributed by atoms with Gasteiger partial charge in [-0.15, -0.1) is 0 Å². The minimum Gasteiger partial charge on any atom is -1.00 e. The van der Waals surface area contributed by atoms with Crippen LogP contribution in [-0.4, -0.2) is 35.8 Å². The lowest BCUT2D eigenvalue weighted by Gasteiger charge is -2.34. The van der Waals surface area contributed by atoms with Gasteiger partial charge in [0.2, 0.25) is 0 Å². The molecular weight excluding hydrogens is 421 g/mol. The smallest absolute Gasteiger partial charge is 0.119 e. The van der Waals surface area contributed by atoms with E-state index < -0.39 is 0 Å². The molecule has 1 atom stereocenters. The van der Waals surface area contributed by atoms with Crippen molar-refractivity contribution in [1.29, 1.82) is 0 Å². The van der Waals surface area contributed by atoms with E-state index in [-0.39, 0.29) is 29.9 Å². The SMILES string of the molecule is CC[N+]1(CCC(c2ccccc2)c2cc(C)ccc2O)CCCC1.[I-]. The monoisotopic (exact) mass is 451 g/mol. The zero-order valence-corrected chi connectivity index (χ0v) is 17.6. The number of phenols is 1. The lowest BCUT2D eigenvalue weighted by Crippen LogP contribution is -3.00. The van der Waals surface area contributed by atoms with Crippen LogP contribution in [0.2, 0.25) is 0 Å². The Morgan fingerprint density at radius 1 is 1.04 bits per heavy atom. The molecular formula is C22H30INO. The number of hydrogen-bond donors (Lipinski definition) is 1. The van der Waals surface area contributed by atoms with Crippen molar-refractivity contribution in [2.24, 2.45) is 0 Å². The Balaban J connectivity index is 0.00000225. The van der Waals surface area contributed by atoms with Crippen molar-refractivity contribution in [3.63, 3.8) is 0 Å². The summed E-state index contributed by atoms with van der Waals surface area (Å²) in [5.41, 5.74) is 3.60. The molecule has 2 aromatic carbocycles. The van der Waals surface area contributed by atoms with Crippen LogP contribution in [0.3, 0.4) is 0 Å². The van der Waals surface area contributed by atoms with Crippen LogP contribution in [0.15, 0.2) is 48.5 Å². The van der Waals surface area contributed by atoms with Gasteiger partial charge >= 0.3 is 0 Å². The molecule has 2 aromatic rings. The van der Waals surface area contributed by atoms with Crippen LogP contribution in [0, 0.1) is 6.92 Å². The summed E-state index contributed by atoms with van der Waals surface area (Å²) in [5.74, 6) is 0.701. The van der Waals surface area contributed by atoms with Gasteiger partial charge in [0.15, 0.2) is 0 Å². The minimum atomic E-state index is 0. The second-order valence-corrected chi connectivity index (χ2v) is 7.35. The molecule has 1 saturated heterocycles. The Kier molecular flexibility index (Phi) is 7.32. The van der Waals surface area contributed by atoms with Gasteiger partial charge in [-0.2, -0.15) is 0 Å². The average molecular weight is 451 g/mol. The molecule has 0 bridgehead atoms. The molecule has 1 heterocycles. The molecule has 2 nitrogen and oxygen atoms in total. The molecule has 3 rings (SSSR count). The first-order chi connectivity index (χ1) is 11.6. The van der Waals surface area contributed by atoms with Crippen LogP contribution in [-0.2, 0) is 0 Å². The predicted octanol–water partition coefficient (Wildman–Crippen LogP) is 1.86. The van der Waals surface area contributed by atoms with Gasteiger partial charge in [0.25, 0.3) is 0 Å². The van der Waals surface area contributed by atoms with E-state index in [4.69, 9.17) is 0 Å². The quantitative estimate of drug-likeness (QED) is 0.525. The first kappa shape index (κ1) is 20.2. The number of halogens is 1. The molecule has 25 heavy (non-hydrogen) atoms. The Labute approximate surface area is 169 Å². The topological polar surface area (TPSA) is 20.2 Å². The number of hydrogen-bond acceptors (Lipinski definition) is 1. The van der Waals surface area contributed by atoms with Crippen molar-refractivity contribution in [2.75, 3.05) is 26.2 Å². The molecule has 1 unspecified atom stereocenters. The molecule has 0 aromatic heterocycles. The second kappa shape index (κ2) is 9.04. The first-order valence-electron chi connectivity index (χ1n) is 9.33. The summed E-state index contributed by atoms with van der Waals surface area (Å²) < 4.78 is 1.25. The second-order valence-electron chi connectivity index (χ2n) is 7.35. The highest BCUT2D eigenvalue weighted by atomic mass is 127. The van der Waals surface area contributed by atoms with Gasteiger partial charge in [0, 0.05) is 30.7 Å². The largest absolute Gasteiger partial charge is 1.00 e. The van der Waals surface area contributed by atoms with E-state index in [2.05, 4.69) is 50.2 Å². The molecule has 0 amide bonds. The number of benzene rings is 2. The van der Waals surface area contributed by atoms with Crippen LogP contribution in [0.5, 0.6) is 5.75 Å². The number of likely N-dealkylation sites (tertiary alicyclic amines) is 1. The summed E-state index contributed by atoms with van der Waals surface area (Å²) in [6, 6.07) is 16.7. The van der Waals surface area contributed by atoms with E-state index in [0.29, 0.717) is 5.75 Å². The number of nitrogens with zero attached hydrogens (tertiary/aromatic N) is 1. The number of rotatable bonds is 6. The molecule has 136 valence electrons. The fourth-order valence-electron chi connectivity index (χ4n) is 4.25. The van der Waals surface area contributed by atoms with Gasteiger partial charge in [0.05, 0.1) is 26.2 Å². The van der Waals surface area contributed by atoms with Crippen molar-refractivity contribution in [3.05, 3.63) is 65.2 Å². The summed E-state index contributed by atoms with van der Waals surface area (Å²) in [5, 5.41) is 10.5. The number of aryl methyl sites for hydroxylation is 1. The number of quaternary nitrogens is 1. The normalized spacial score (nSPS) is 17.0. The maximum atomic E-state index is 10.5. The third kappa shape index (κ3) is 4.76. The van der Waals surface area contributed by atoms with E-state index in [1.165, 1.54) is 54.6 Å². The molecule has 3 heteroatoms. The Morgan fingerprint density at radius 2 is 1.72 bits per heavy atom. The standard InChI is InChI=1S/C22H29NO.HI/c1-3-23(14-7-8-15-23)16-13-20(19-9-5-4-6-10-19)21-17-18(2)11-12-22(21)24;/h4-6,9-12,17,20H,3,7-8,13-16H2,1-2H3;1H. The van der Waals surface area contributed by atoms with Gasteiger partial charge in [-0.1, -0.05) is 48.0 Å². The van der Waals surface area contributed by atoms with E-state index in [1.807, 2.05) is 12.1 Å². The van der Waals surface area contributed by atoms with Crippen LogP contribution in [0.4, 0.5) is 0 Å². The summed E-state index contributed by atoms with van der Waals surface area (Å²) >= 11 is 0. The highest BCUT2D eigenvalue weighted by molar-refractivity contribution is 5.43. The third-order valence-electron chi connectivity index (χ3n) is 5.84. The van der Waals surface area contributed by atoms with E-state index in [0.717, 1.165) is 12.0 Å². The molecule has 1 fully saturated rings. The minimum absolute atomic E-state index is 0. The van der Waals surface area contributed by atoms with Crippen LogP contribution in [0.25, 0.3) is 0 Å². The third-order valence-corrected chi connectivity index (χ3v) is 5.84. The maximum absolute atomic E-state index is 10.5. The molecule has 0 aliphatic carbocycles. The predicted molar refractivity (Wildman–Crippen MR) is 100 cm³/mol. The molecule has 1 aliphatic rings. The van der Waals surface area contributed by atoms with Crippen molar-refractivity contribution in [1.82, 2.24) is 0 Å². The highest BCUT2D eigenvalue weighted by Gasteiger charge is 2.31. The van der Waals surface area contributed by atoms with Crippen LogP contribution in [0.1, 0.15) is 48.8 Å². The highest BCUT2D eigenvalue weighted by Crippen LogP contribution is 2.36. The molecule has 1 N–H and O–H groups in total. The Morgan fingerprint density at radius 3 is 2.36 bits per heavy atom. The maximum Gasteiger partial charge on any atom is 0.119 e. The van der Waals surface area contributed by atoms with Gasteiger partial charge in [-0.05, 0) is 25.5 Å². The fourth-order valence-corrected chi connectivity index (χ4v) is 4.25. The van der Waals surface area contributed by atoms with E-state index in [1.54, 1.807) is 0 Å². The lowest BCUT2D eigenvalue weighted by molar-refractivity contribution is -0.915. The summed E-state index contributed by atoms with van der Waals surface area (Å²) in [4.78, 5) is 0. The lowest BCUT2D eigenvalue weighted by atomic mass is 9.86. The van der Waals surface area contributed by atoms with Gasteiger partial charge < -0.3 is 33.6 Å².